The molecule has 4 aromatic rings. The van der Waals surface area contributed by atoms with Crippen LogP contribution in [0.3, 0.4) is 0 Å². The van der Waals surface area contributed by atoms with Crippen molar-refractivity contribution in [3.63, 3.8) is 0 Å². The minimum atomic E-state index is -5.03. The van der Waals surface area contributed by atoms with Gasteiger partial charge < -0.3 is 5.32 Å². The number of aromatic nitrogens is 5. The molecule has 0 bridgehead atoms. The molecular formula is C19H11F5N6O2. The lowest BCUT2D eigenvalue weighted by Gasteiger charge is -2.14. The van der Waals surface area contributed by atoms with Gasteiger partial charge in [-0.2, -0.15) is 18.3 Å². The quantitative estimate of drug-likeness (QED) is 0.481. The van der Waals surface area contributed by atoms with Crippen molar-refractivity contribution in [2.75, 3.05) is 5.32 Å². The van der Waals surface area contributed by atoms with Crippen molar-refractivity contribution in [2.45, 2.75) is 12.6 Å². The van der Waals surface area contributed by atoms with Crippen molar-refractivity contribution >= 4 is 17.2 Å². The Morgan fingerprint density at radius 3 is 2.56 bits per heavy atom. The van der Waals surface area contributed by atoms with Gasteiger partial charge >= 0.3 is 6.18 Å². The SMILES string of the molecule is O=C(Nc1ccnc(C(F)F)c1)c1cnn(-c2cccn3c(=O)ccnc23)c1C(F)(F)F. The van der Waals surface area contributed by atoms with Crippen molar-refractivity contribution in [2.24, 2.45) is 0 Å². The van der Waals surface area contributed by atoms with Crippen molar-refractivity contribution < 1.29 is 26.7 Å². The van der Waals surface area contributed by atoms with Crippen LogP contribution < -0.4 is 10.9 Å². The normalized spacial score (nSPS) is 11.8. The van der Waals surface area contributed by atoms with E-state index in [4.69, 9.17) is 0 Å². The zero-order valence-corrected chi connectivity index (χ0v) is 15.7. The van der Waals surface area contributed by atoms with Crippen LogP contribution in [0.25, 0.3) is 11.3 Å². The molecule has 0 radical (unpaired) electrons. The third-order valence-electron chi connectivity index (χ3n) is 4.37. The van der Waals surface area contributed by atoms with Crippen LogP contribution in [0.2, 0.25) is 0 Å². The molecule has 0 aliphatic carbocycles. The van der Waals surface area contributed by atoms with Gasteiger partial charge in [0.25, 0.3) is 17.9 Å². The number of nitrogens with zero attached hydrogens (tertiary/aromatic N) is 5. The highest BCUT2D eigenvalue weighted by Gasteiger charge is 2.41. The standard InChI is InChI=1S/C19H11F5N6O2/c20-16(21)12-8-10(3-5-25-12)28-18(32)11-9-27-30(15(11)19(22,23)24)13-2-1-7-29-14(31)4-6-26-17(13)29/h1-9,16H,(H,25,28,32). The first-order valence-electron chi connectivity index (χ1n) is 8.84. The predicted octanol–water partition coefficient (Wildman–Crippen LogP) is 3.48. The summed E-state index contributed by atoms with van der Waals surface area (Å²) in [4.78, 5) is 31.9. The molecule has 0 saturated heterocycles. The van der Waals surface area contributed by atoms with E-state index in [9.17, 15) is 31.5 Å². The topological polar surface area (TPSA) is 94.2 Å². The summed E-state index contributed by atoms with van der Waals surface area (Å²) >= 11 is 0. The van der Waals surface area contributed by atoms with Crippen molar-refractivity contribution in [3.05, 3.63) is 82.4 Å². The van der Waals surface area contributed by atoms with E-state index in [1.807, 2.05) is 0 Å². The van der Waals surface area contributed by atoms with Gasteiger partial charge in [-0.3, -0.25) is 19.0 Å². The Labute approximate surface area is 175 Å². The van der Waals surface area contributed by atoms with E-state index >= 15 is 0 Å². The minimum absolute atomic E-state index is 0.115. The number of anilines is 1. The highest BCUT2D eigenvalue weighted by Crippen LogP contribution is 2.34. The lowest BCUT2D eigenvalue weighted by atomic mass is 10.2. The predicted molar refractivity (Wildman–Crippen MR) is 101 cm³/mol. The largest absolute Gasteiger partial charge is 0.434 e. The Hall–Kier alpha value is -4.16. The molecule has 4 aromatic heterocycles. The number of fused-ring (bicyclic) bond motifs is 1. The maximum absolute atomic E-state index is 13.9. The lowest BCUT2D eigenvalue weighted by Crippen LogP contribution is -2.22. The van der Waals surface area contributed by atoms with E-state index in [0.29, 0.717) is 10.9 Å². The van der Waals surface area contributed by atoms with Gasteiger partial charge in [0.2, 0.25) is 0 Å². The van der Waals surface area contributed by atoms with Gasteiger partial charge in [-0.1, -0.05) is 0 Å². The molecule has 0 atom stereocenters. The second-order valence-electron chi connectivity index (χ2n) is 6.41. The fraction of sp³-hybridized carbons (Fsp3) is 0.105. The Morgan fingerprint density at radius 2 is 1.84 bits per heavy atom. The second kappa shape index (κ2) is 7.83. The molecule has 0 aliphatic rings. The minimum Gasteiger partial charge on any atom is -0.322 e. The van der Waals surface area contributed by atoms with Crippen LogP contribution in [0.15, 0.2) is 59.9 Å². The van der Waals surface area contributed by atoms with E-state index in [2.05, 4.69) is 20.4 Å². The Kier molecular flexibility index (Phi) is 5.16. The molecule has 0 fully saturated rings. The van der Waals surface area contributed by atoms with Crippen molar-refractivity contribution in [1.82, 2.24) is 24.1 Å². The number of carbonyl (C=O) groups is 1. The third-order valence-corrected chi connectivity index (χ3v) is 4.37. The zero-order valence-electron chi connectivity index (χ0n) is 15.7. The summed E-state index contributed by atoms with van der Waals surface area (Å²) in [5, 5.41) is 5.83. The summed E-state index contributed by atoms with van der Waals surface area (Å²) < 4.78 is 68.9. The molecule has 1 N–H and O–H groups in total. The molecule has 0 saturated carbocycles. The molecule has 13 heteroatoms. The van der Waals surface area contributed by atoms with E-state index in [1.54, 1.807) is 0 Å². The first kappa shape index (κ1) is 21.1. The Morgan fingerprint density at radius 1 is 1.09 bits per heavy atom. The van der Waals surface area contributed by atoms with Gasteiger partial charge in [0.1, 0.15) is 11.4 Å². The van der Waals surface area contributed by atoms with Crippen LogP contribution in [-0.2, 0) is 6.18 Å². The number of nitrogens with one attached hydrogen (secondary N) is 1. The number of pyridine rings is 2. The number of carbonyl (C=O) groups excluding carboxylic acids is 1. The molecule has 0 spiro atoms. The average molecular weight is 450 g/mol. The molecule has 164 valence electrons. The molecular weight excluding hydrogens is 439 g/mol. The number of hydrogen-bond acceptors (Lipinski definition) is 5. The van der Waals surface area contributed by atoms with Crippen LogP contribution in [0, 0.1) is 0 Å². The summed E-state index contributed by atoms with van der Waals surface area (Å²) in [6.07, 6.45) is -3.82. The van der Waals surface area contributed by atoms with Gasteiger partial charge in [0.15, 0.2) is 11.3 Å². The van der Waals surface area contributed by atoms with E-state index in [1.165, 1.54) is 18.3 Å². The summed E-state index contributed by atoms with van der Waals surface area (Å²) in [6, 6.07) is 5.72. The maximum Gasteiger partial charge on any atom is 0.434 e. The van der Waals surface area contributed by atoms with Gasteiger partial charge in [-0.25, -0.2) is 18.4 Å². The maximum atomic E-state index is 13.9. The summed E-state index contributed by atoms with van der Waals surface area (Å²) in [6.45, 7) is 0. The Bertz CT molecular complexity index is 1380. The van der Waals surface area contributed by atoms with Crippen LogP contribution in [0.1, 0.15) is 28.2 Å². The summed E-state index contributed by atoms with van der Waals surface area (Å²) in [5.74, 6) is -1.22. The fourth-order valence-electron chi connectivity index (χ4n) is 3.03. The van der Waals surface area contributed by atoms with Gasteiger partial charge in [-0.15, -0.1) is 0 Å². The van der Waals surface area contributed by atoms with Gasteiger partial charge in [0.05, 0.1) is 11.8 Å². The van der Waals surface area contributed by atoms with Crippen molar-refractivity contribution in [3.8, 4) is 5.69 Å². The van der Waals surface area contributed by atoms with Crippen molar-refractivity contribution in [1.29, 1.82) is 0 Å². The van der Waals surface area contributed by atoms with E-state index in [-0.39, 0.29) is 17.0 Å². The molecule has 1 amide bonds. The fourth-order valence-corrected chi connectivity index (χ4v) is 3.03. The molecule has 4 rings (SSSR count). The Balaban J connectivity index is 1.82. The highest BCUT2D eigenvalue weighted by atomic mass is 19.4. The average Bonchev–Trinajstić information content (AvgIpc) is 3.20. The number of hydrogen-bond donors (Lipinski definition) is 1. The lowest BCUT2D eigenvalue weighted by molar-refractivity contribution is -0.143. The number of amides is 1. The molecule has 32 heavy (non-hydrogen) atoms. The van der Waals surface area contributed by atoms with E-state index < -0.39 is 41.0 Å². The molecule has 0 unspecified atom stereocenters. The molecule has 0 aromatic carbocycles. The first-order chi connectivity index (χ1) is 15.2. The van der Waals surface area contributed by atoms with Crippen LogP contribution in [0.5, 0.6) is 0 Å². The number of rotatable bonds is 4. The van der Waals surface area contributed by atoms with Gasteiger partial charge in [0, 0.05) is 30.3 Å². The third kappa shape index (κ3) is 3.79. The number of halogens is 5. The smallest absolute Gasteiger partial charge is 0.322 e. The molecule has 0 aliphatic heterocycles. The molecule has 8 nitrogen and oxygen atoms in total. The zero-order chi connectivity index (χ0) is 23.0. The molecule has 4 heterocycles. The highest BCUT2D eigenvalue weighted by molar-refractivity contribution is 6.05. The van der Waals surface area contributed by atoms with Gasteiger partial charge in [-0.05, 0) is 24.3 Å². The van der Waals surface area contributed by atoms with Crippen LogP contribution in [-0.4, -0.2) is 30.1 Å². The second-order valence-corrected chi connectivity index (χ2v) is 6.41. The summed E-state index contributed by atoms with van der Waals surface area (Å²) in [7, 11) is 0. The van der Waals surface area contributed by atoms with E-state index in [0.717, 1.165) is 35.0 Å². The monoisotopic (exact) mass is 450 g/mol. The number of alkyl halides is 5. The summed E-state index contributed by atoms with van der Waals surface area (Å²) in [5.41, 5.74) is -3.93. The van der Waals surface area contributed by atoms with Crippen LogP contribution in [0.4, 0.5) is 27.6 Å². The van der Waals surface area contributed by atoms with Crippen LogP contribution >= 0.6 is 0 Å². The first-order valence-corrected chi connectivity index (χ1v) is 8.84.